The first-order valence-corrected chi connectivity index (χ1v) is 8.17. The first-order valence-electron chi connectivity index (χ1n) is 8.17. The van der Waals surface area contributed by atoms with Gasteiger partial charge in [-0.2, -0.15) is 0 Å². The highest BCUT2D eigenvalue weighted by Crippen LogP contribution is 2.45. The lowest BCUT2D eigenvalue weighted by Gasteiger charge is -2.39. The molecule has 2 aliphatic rings. The minimum atomic E-state index is -0.902. The van der Waals surface area contributed by atoms with Crippen LogP contribution in [0.3, 0.4) is 0 Å². The van der Waals surface area contributed by atoms with E-state index in [2.05, 4.69) is 18.7 Å². The molecule has 2 unspecified atom stereocenters. The van der Waals surface area contributed by atoms with Crippen molar-refractivity contribution in [3.63, 3.8) is 0 Å². The summed E-state index contributed by atoms with van der Waals surface area (Å²) in [6, 6.07) is 10.3. The van der Waals surface area contributed by atoms with Gasteiger partial charge in [0.05, 0.1) is 0 Å². The zero-order valence-electron chi connectivity index (χ0n) is 13.5. The van der Waals surface area contributed by atoms with Gasteiger partial charge in [-0.3, -0.25) is 0 Å². The summed E-state index contributed by atoms with van der Waals surface area (Å²) >= 11 is 0. The van der Waals surface area contributed by atoms with Gasteiger partial charge in [0.15, 0.2) is 0 Å². The van der Waals surface area contributed by atoms with Gasteiger partial charge in [0.2, 0.25) is 0 Å². The summed E-state index contributed by atoms with van der Waals surface area (Å²) in [5.41, 5.74) is 1.23. The monoisotopic (exact) mass is 330 g/mol. The molecule has 1 heterocycles. The molecule has 2 amide bonds. The molecule has 1 saturated heterocycles. The maximum Gasteiger partial charge on any atom is 0.410 e. The maximum absolute atomic E-state index is 12.4. The third-order valence-electron chi connectivity index (χ3n) is 4.63. The number of likely N-dealkylation sites (tertiary alicyclic amines) is 1. The zero-order chi connectivity index (χ0) is 17.1. The minimum absolute atomic E-state index is 0.128. The number of carbonyl (C=O) groups excluding carboxylic acids is 1. The second-order valence-electron chi connectivity index (χ2n) is 6.39. The van der Waals surface area contributed by atoms with Gasteiger partial charge in [-0.15, -0.1) is 0 Å². The van der Waals surface area contributed by atoms with Crippen LogP contribution in [0.1, 0.15) is 17.9 Å². The number of hydrogen-bond acceptors (Lipinski definition) is 3. The summed E-state index contributed by atoms with van der Waals surface area (Å²) in [5.74, 6) is 0.507. The topological polar surface area (TPSA) is 70.1 Å². The Morgan fingerprint density at radius 3 is 2.67 bits per heavy atom. The molecule has 2 fully saturated rings. The first-order chi connectivity index (χ1) is 11.6. The summed E-state index contributed by atoms with van der Waals surface area (Å²) in [4.78, 5) is 26.4. The van der Waals surface area contributed by atoms with Crippen LogP contribution in [0.4, 0.5) is 9.59 Å². The lowest BCUT2D eigenvalue weighted by Crippen LogP contribution is -2.54. The Morgan fingerprint density at radius 1 is 1.33 bits per heavy atom. The van der Waals surface area contributed by atoms with E-state index in [4.69, 9.17) is 9.84 Å². The third kappa shape index (κ3) is 3.53. The van der Waals surface area contributed by atoms with Gasteiger partial charge < -0.3 is 19.6 Å². The summed E-state index contributed by atoms with van der Waals surface area (Å²) in [5, 5.41) is 8.93. The van der Waals surface area contributed by atoms with Crippen molar-refractivity contribution < 1.29 is 19.4 Å². The van der Waals surface area contributed by atoms with E-state index < -0.39 is 6.09 Å². The van der Waals surface area contributed by atoms with E-state index in [9.17, 15) is 9.59 Å². The van der Waals surface area contributed by atoms with Gasteiger partial charge in [-0.1, -0.05) is 43.0 Å². The Labute approximate surface area is 141 Å². The highest BCUT2D eigenvalue weighted by Gasteiger charge is 2.47. The largest absolute Gasteiger partial charge is 0.465 e. The molecule has 1 aliphatic carbocycles. The molecule has 1 saturated carbocycles. The normalized spacial score (nSPS) is 22.4. The van der Waals surface area contributed by atoms with Crippen molar-refractivity contribution in [1.82, 2.24) is 9.80 Å². The molecule has 0 radical (unpaired) electrons. The van der Waals surface area contributed by atoms with E-state index in [-0.39, 0.29) is 24.7 Å². The van der Waals surface area contributed by atoms with Gasteiger partial charge >= 0.3 is 12.2 Å². The Hall–Kier alpha value is -2.50. The van der Waals surface area contributed by atoms with Crippen molar-refractivity contribution >= 4 is 12.2 Å². The fourth-order valence-corrected chi connectivity index (χ4v) is 3.26. The van der Waals surface area contributed by atoms with Crippen molar-refractivity contribution in [3.8, 4) is 0 Å². The van der Waals surface area contributed by atoms with Gasteiger partial charge in [0.25, 0.3) is 0 Å². The third-order valence-corrected chi connectivity index (χ3v) is 4.63. The molecule has 6 nitrogen and oxygen atoms in total. The van der Waals surface area contributed by atoms with Crippen molar-refractivity contribution in [1.29, 1.82) is 0 Å². The van der Waals surface area contributed by atoms with Crippen molar-refractivity contribution in [2.45, 2.75) is 18.4 Å². The number of hydrogen-bond donors (Lipinski definition) is 1. The summed E-state index contributed by atoms with van der Waals surface area (Å²) in [6.07, 6.45) is 1.23. The molecule has 1 aromatic rings. The summed E-state index contributed by atoms with van der Waals surface area (Å²) in [6.45, 7) is 5.24. The number of amides is 2. The predicted octanol–water partition coefficient (Wildman–Crippen LogP) is 2.78. The molecule has 1 aliphatic heterocycles. The molecule has 0 aromatic heterocycles. The van der Waals surface area contributed by atoms with E-state index in [1.807, 2.05) is 18.2 Å². The molecule has 6 heteroatoms. The van der Waals surface area contributed by atoms with Crippen LogP contribution in [0.5, 0.6) is 0 Å². The number of carboxylic acid groups (broad SMARTS) is 1. The molecular formula is C18H22N2O4. The molecule has 128 valence electrons. The molecular weight excluding hydrogens is 308 g/mol. The molecule has 3 rings (SSSR count). The average Bonchev–Trinajstić information content (AvgIpc) is 3.32. The Balaban J connectivity index is 1.62. The van der Waals surface area contributed by atoms with Gasteiger partial charge in [0, 0.05) is 37.5 Å². The Bertz CT molecular complexity index is 613. The minimum Gasteiger partial charge on any atom is -0.465 e. The molecule has 0 bridgehead atoms. The van der Waals surface area contributed by atoms with Crippen LogP contribution in [-0.4, -0.2) is 59.4 Å². The van der Waals surface area contributed by atoms with Crippen molar-refractivity contribution in [3.05, 3.63) is 48.6 Å². The van der Waals surface area contributed by atoms with Gasteiger partial charge in [-0.25, -0.2) is 9.59 Å². The van der Waals surface area contributed by atoms with E-state index in [0.29, 0.717) is 25.6 Å². The summed E-state index contributed by atoms with van der Waals surface area (Å²) < 4.78 is 5.22. The van der Waals surface area contributed by atoms with E-state index in [1.165, 1.54) is 10.5 Å². The van der Waals surface area contributed by atoms with E-state index in [0.717, 1.165) is 6.42 Å². The second kappa shape index (κ2) is 6.95. The van der Waals surface area contributed by atoms with Crippen LogP contribution in [-0.2, 0) is 4.74 Å². The number of carbonyl (C=O) groups is 2. The van der Waals surface area contributed by atoms with E-state index in [1.54, 1.807) is 11.0 Å². The molecule has 0 spiro atoms. The van der Waals surface area contributed by atoms with Crippen LogP contribution in [0.2, 0.25) is 0 Å². The quantitative estimate of drug-likeness (QED) is 0.814. The molecule has 1 N–H and O–H groups in total. The van der Waals surface area contributed by atoms with Crippen LogP contribution in [0, 0.1) is 5.92 Å². The fraction of sp³-hybridized carbons (Fsp3) is 0.444. The van der Waals surface area contributed by atoms with Crippen molar-refractivity contribution in [2.75, 3.05) is 26.2 Å². The van der Waals surface area contributed by atoms with Crippen LogP contribution in [0.25, 0.3) is 0 Å². The van der Waals surface area contributed by atoms with Gasteiger partial charge in [0.1, 0.15) is 6.61 Å². The fourth-order valence-electron chi connectivity index (χ4n) is 3.26. The maximum atomic E-state index is 12.4. The standard InChI is InChI=1S/C18H22N2O4/c1-2-8-24-18(23)20(12-13-10-19(11-13)17(21)22)16-9-15(16)14-6-4-3-5-7-14/h2-7,13,15-16H,1,8-12H2,(H,21,22). The number of nitrogens with zero attached hydrogens (tertiary/aromatic N) is 2. The number of benzene rings is 1. The van der Waals surface area contributed by atoms with Gasteiger partial charge in [-0.05, 0) is 12.0 Å². The smallest absolute Gasteiger partial charge is 0.410 e. The zero-order valence-corrected chi connectivity index (χ0v) is 13.5. The van der Waals surface area contributed by atoms with Crippen LogP contribution >= 0.6 is 0 Å². The SMILES string of the molecule is C=CCOC(=O)N(CC1CN(C(=O)O)C1)C1CC1c1ccccc1. The average molecular weight is 330 g/mol. The number of rotatable bonds is 6. The Kier molecular flexibility index (Phi) is 4.74. The lowest BCUT2D eigenvalue weighted by molar-refractivity contribution is 0.0526. The van der Waals surface area contributed by atoms with Crippen LogP contribution in [0.15, 0.2) is 43.0 Å². The number of ether oxygens (including phenoxy) is 1. The second-order valence-corrected chi connectivity index (χ2v) is 6.39. The summed E-state index contributed by atoms with van der Waals surface area (Å²) in [7, 11) is 0. The van der Waals surface area contributed by atoms with Crippen LogP contribution < -0.4 is 0 Å². The molecule has 1 aromatic carbocycles. The van der Waals surface area contributed by atoms with E-state index >= 15 is 0 Å². The molecule has 2 atom stereocenters. The lowest BCUT2D eigenvalue weighted by atomic mass is 10.00. The molecule has 24 heavy (non-hydrogen) atoms. The first kappa shape index (κ1) is 16.4. The highest BCUT2D eigenvalue weighted by molar-refractivity contribution is 5.69. The predicted molar refractivity (Wildman–Crippen MR) is 88.9 cm³/mol. The Morgan fingerprint density at radius 2 is 2.04 bits per heavy atom. The van der Waals surface area contributed by atoms with Crippen molar-refractivity contribution in [2.24, 2.45) is 5.92 Å². The highest BCUT2D eigenvalue weighted by atomic mass is 16.6.